The Hall–Kier alpha value is -0.170. The molecule has 1 atom stereocenters. The number of hydrogen-bond acceptors (Lipinski definition) is 5. The molecule has 0 unspecified atom stereocenters. The van der Waals surface area contributed by atoms with Gasteiger partial charge in [0.1, 0.15) is 0 Å². The molecule has 1 heterocycles. The van der Waals surface area contributed by atoms with Crippen LogP contribution in [0.15, 0.2) is 0 Å². The van der Waals surface area contributed by atoms with Crippen LogP contribution in [0, 0.1) is 0 Å². The predicted molar refractivity (Wildman–Crippen MR) is 41.1 cm³/mol. The Morgan fingerprint density at radius 2 is 2.25 bits per heavy atom. The minimum atomic E-state index is -3.42. The van der Waals surface area contributed by atoms with Crippen molar-refractivity contribution in [3.05, 3.63) is 0 Å². The number of hydrogen-bond donors (Lipinski definition) is 0. The van der Waals surface area contributed by atoms with Crippen LogP contribution in [0.25, 0.3) is 0 Å². The molecule has 0 aromatic heterocycles. The fourth-order valence-electron chi connectivity index (χ4n) is 0.753. The average Bonchev–Trinajstić information content (AvgIpc) is 2.06. The molecule has 0 saturated carbocycles. The van der Waals surface area contributed by atoms with Crippen molar-refractivity contribution in [2.45, 2.75) is 13.2 Å². The van der Waals surface area contributed by atoms with Gasteiger partial charge in [-0.1, -0.05) is 0 Å². The Morgan fingerprint density at radius 3 is 2.75 bits per heavy atom. The van der Waals surface area contributed by atoms with Gasteiger partial charge in [0.2, 0.25) is 0 Å². The van der Waals surface area contributed by atoms with E-state index in [-0.39, 0.29) is 12.4 Å². The molecular weight excluding hydrogens is 184 g/mol. The van der Waals surface area contributed by atoms with Crippen molar-refractivity contribution < 1.29 is 22.1 Å². The van der Waals surface area contributed by atoms with Gasteiger partial charge in [-0.15, -0.1) is 0 Å². The van der Waals surface area contributed by atoms with Gasteiger partial charge in [0.05, 0.1) is 25.6 Å². The largest absolute Gasteiger partial charge is 0.374 e. The summed E-state index contributed by atoms with van der Waals surface area (Å²) in [6.07, 6.45) is -0.760. The third kappa shape index (κ3) is 3.06. The van der Waals surface area contributed by atoms with Gasteiger partial charge >= 0.3 is 0 Å². The van der Waals surface area contributed by atoms with Gasteiger partial charge in [-0.2, -0.15) is 8.42 Å². The zero-order valence-corrected chi connectivity index (χ0v) is 7.67. The Morgan fingerprint density at radius 1 is 1.50 bits per heavy atom. The van der Waals surface area contributed by atoms with Crippen LogP contribution >= 0.6 is 0 Å². The molecule has 0 aliphatic carbocycles. The molecule has 1 fully saturated rings. The first-order valence-corrected chi connectivity index (χ1v) is 5.32. The van der Waals surface area contributed by atoms with Crippen LogP contribution in [0.5, 0.6) is 0 Å². The van der Waals surface area contributed by atoms with Crippen molar-refractivity contribution in [1.29, 1.82) is 0 Å². The molecule has 0 radical (unpaired) electrons. The summed E-state index contributed by atoms with van der Waals surface area (Å²) in [5, 5.41) is 0. The van der Waals surface area contributed by atoms with E-state index < -0.39 is 16.4 Å². The highest BCUT2D eigenvalue weighted by atomic mass is 32.2. The van der Waals surface area contributed by atoms with Crippen molar-refractivity contribution >= 4 is 10.1 Å². The second-order valence-corrected chi connectivity index (χ2v) is 4.20. The first-order chi connectivity index (χ1) is 5.64. The molecule has 1 saturated heterocycles. The topological polar surface area (TPSA) is 61.8 Å². The number of ether oxygens (including phenoxy) is 2. The summed E-state index contributed by atoms with van der Waals surface area (Å²) < 4.78 is 36.4. The van der Waals surface area contributed by atoms with Gasteiger partial charge < -0.3 is 9.47 Å². The van der Waals surface area contributed by atoms with E-state index in [9.17, 15) is 8.42 Å². The van der Waals surface area contributed by atoms with Gasteiger partial charge in [-0.25, -0.2) is 4.18 Å². The van der Waals surface area contributed by atoms with Crippen LogP contribution in [-0.4, -0.2) is 40.3 Å². The first kappa shape index (κ1) is 9.91. The summed E-state index contributed by atoms with van der Waals surface area (Å²) in [6.45, 7) is 2.56. The fraction of sp³-hybridized carbons (Fsp3) is 1.00. The second kappa shape index (κ2) is 4.18. The Balaban J connectivity index is 2.39. The summed E-state index contributed by atoms with van der Waals surface area (Å²) in [5.74, 6) is -0.0488. The van der Waals surface area contributed by atoms with Gasteiger partial charge in [0.25, 0.3) is 10.1 Å². The lowest BCUT2D eigenvalue weighted by Gasteiger charge is -2.21. The van der Waals surface area contributed by atoms with Gasteiger partial charge in [0.15, 0.2) is 6.29 Å². The van der Waals surface area contributed by atoms with Crippen LogP contribution in [0.3, 0.4) is 0 Å². The summed E-state index contributed by atoms with van der Waals surface area (Å²) in [5.41, 5.74) is 0. The van der Waals surface area contributed by atoms with Crippen LogP contribution in [0.2, 0.25) is 0 Å². The molecule has 0 N–H and O–H groups in total. The molecule has 0 aromatic rings. The van der Waals surface area contributed by atoms with E-state index in [0.29, 0.717) is 13.2 Å². The summed E-state index contributed by atoms with van der Waals surface area (Å²) in [4.78, 5) is 0. The van der Waals surface area contributed by atoms with Crippen LogP contribution < -0.4 is 0 Å². The molecule has 12 heavy (non-hydrogen) atoms. The lowest BCUT2D eigenvalue weighted by molar-refractivity contribution is -0.168. The minimum Gasteiger partial charge on any atom is -0.374 e. The Kier molecular flexibility index (Phi) is 3.45. The maximum Gasteiger partial charge on any atom is 0.269 e. The average molecular weight is 196 g/mol. The molecule has 1 aliphatic heterocycles. The van der Waals surface area contributed by atoms with E-state index in [1.807, 2.05) is 0 Å². The number of rotatable bonds is 3. The molecule has 0 spiro atoms. The van der Waals surface area contributed by atoms with E-state index >= 15 is 0 Å². The third-order valence-electron chi connectivity index (χ3n) is 1.39. The molecule has 0 bridgehead atoms. The molecular formula is C6H12O5S. The van der Waals surface area contributed by atoms with E-state index in [1.54, 1.807) is 0 Å². The van der Waals surface area contributed by atoms with Crippen LogP contribution in [-0.2, 0) is 23.8 Å². The normalized spacial score (nSPS) is 25.6. The smallest absolute Gasteiger partial charge is 0.269 e. The van der Waals surface area contributed by atoms with Crippen molar-refractivity contribution in [3.8, 4) is 0 Å². The Bertz CT molecular complexity index is 216. The van der Waals surface area contributed by atoms with E-state index in [4.69, 9.17) is 9.47 Å². The van der Waals surface area contributed by atoms with Crippen molar-refractivity contribution in [3.63, 3.8) is 0 Å². The highest BCUT2D eigenvalue weighted by molar-refractivity contribution is 7.86. The summed E-state index contributed by atoms with van der Waals surface area (Å²) in [7, 11) is -3.42. The Labute approximate surface area is 71.7 Å². The predicted octanol–water partition coefficient (Wildman–Crippen LogP) is -0.274. The lowest BCUT2D eigenvalue weighted by Crippen LogP contribution is -2.33. The molecule has 5 nitrogen and oxygen atoms in total. The fourth-order valence-corrected chi connectivity index (χ4v) is 1.33. The van der Waals surface area contributed by atoms with Gasteiger partial charge in [-0.05, 0) is 6.92 Å². The van der Waals surface area contributed by atoms with Crippen molar-refractivity contribution in [2.75, 3.05) is 25.6 Å². The molecule has 0 amide bonds. The van der Waals surface area contributed by atoms with Crippen molar-refractivity contribution in [1.82, 2.24) is 0 Å². The first-order valence-electron chi connectivity index (χ1n) is 3.74. The molecule has 6 heteroatoms. The second-order valence-electron chi connectivity index (χ2n) is 2.32. The molecule has 0 aromatic carbocycles. The summed E-state index contributed by atoms with van der Waals surface area (Å²) >= 11 is 0. The highest BCUT2D eigenvalue weighted by Crippen LogP contribution is 2.06. The molecule has 1 aliphatic rings. The van der Waals surface area contributed by atoms with Gasteiger partial charge in [-0.3, -0.25) is 0 Å². The standard InChI is InChI=1S/C6H12O5S/c1-2-12(7,8)11-6-5-9-3-4-10-6/h6H,2-5H2,1H3/t6-/m1/s1. The van der Waals surface area contributed by atoms with Crippen molar-refractivity contribution in [2.24, 2.45) is 0 Å². The summed E-state index contributed by atoms with van der Waals surface area (Å²) in [6, 6.07) is 0. The van der Waals surface area contributed by atoms with Crippen LogP contribution in [0.1, 0.15) is 6.92 Å². The molecule has 72 valence electrons. The lowest BCUT2D eigenvalue weighted by atomic mass is 10.6. The van der Waals surface area contributed by atoms with E-state index in [0.717, 1.165) is 0 Å². The van der Waals surface area contributed by atoms with E-state index in [1.165, 1.54) is 6.92 Å². The zero-order valence-electron chi connectivity index (χ0n) is 6.86. The van der Waals surface area contributed by atoms with Gasteiger partial charge in [0, 0.05) is 0 Å². The molecule has 1 rings (SSSR count). The SMILES string of the molecule is CCS(=O)(=O)O[C@@H]1COCCO1. The monoisotopic (exact) mass is 196 g/mol. The van der Waals surface area contributed by atoms with E-state index in [2.05, 4.69) is 4.18 Å². The minimum absolute atomic E-state index is 0.0488. The maximum atomic E-state index is 10.9. The zero-order chi connectivity index (χ0) is 9.03. The highest BCUT2D eigenvalue weighted by Gasteiger charge is 2.21. The third-order valence-corrected chi connectivity index (χ3v) is 2.61. The van der Waals surface area contributed by atoms with Crippen LogP contribution in [0.4, 0.5) is 0 Å². The maximum absolute atomic E-state index is 10.9. The quantitative estimate of drug-likeness (QED) is 0.581.